The zero-order valence-corrected chi connectivity index (χ0v) is 13.1. The van der Waals surface area contributed by atoms with E-state index in [1.165, 1.54) is 18.2 Å². The van der Waals surface area contributed by atoms with Gasteiger partial charge in [-0.3, -0.25) is 10.1 Å². The van der Waals surface area contributed by atoms with E-state index >= 15 is 0 Å². The van der Waals surface area contributed by atoms with Crippen molar-refractivity contribution in [2.24, 2.45) is 0 Å². The highest BCUT2D eigenvalue weighted by Crippen LogP contribution is 2.26. The average molecular weight is 363 g/mol. The maximum atomic E-state index is 12.3. The first-order valence-corrected chi connectivity index (χ1v) is 8.71. The summed E-state index contributed by atoms with van der Waals surface area (Å²) in [5.41, 5.74) is -0.230. The molecule has 1 aromatic rings. The van der Waals surface area contributed by atoms with Crippen molar-refractivity contribution in [3.63, 3.8) is 0 Å². The lowest BCUT2D eigenvalue weighted by Gasteiger charge is -2.27. The minimum absolute atomic E-state index is 0.0722. The molecule has 110 valence electrons. The van der Waals surface area contributed by atoms with Crippen molar-refractivity contribution in [1.29, 1.82) is 0 Å². The van der Waals surface area contributed by atoms with E-state index in [2.05, 4.69) is 20.7 Å². The Morgan fingerprint density at radius 2 is 2.00 bits per heavy atom. The van der Waals surface area contributed by atoms with Crippen LogP contribution in [0.2, 0.25) is 0 Å². The monoisotopic (exact) mass is 362 g/mol. The second-order valence-electron chi connectivity index (χ2n) is 4.78. The van der Waals surface area contributed by atoms with Gasteiger partial charge in [-0.05, 0) is 18.9 Å². The number of nitro groups is 1. The van der Waals surface area contributed by atoms with Crippen LogP contribution in [0.15, 0.2) is 29.2 Å². The third kappa shape index (κ3) is 3.56. The van der Waals surface area contributed by atoms with E-state index in [9.17, 15) is 18.5 Å². The molecule has 1 saturated carbocycles. The molecule has 0 saturated heterocycles. The van der Waals surface area contributed by atoms with E-state index in [0.29, 0.717) is 0 Å². The zero-order valence-electron chi connectivity index (χ0n) is 10.7. The molecule has 0 heterocycles. The molecule has 8 heteroatoms. The number of hydrogen-bond acceptors (Lipinski definition) is 4. The number of hydrogen-bond donors (Lipinski definition) is 1. The van der Waals surface area contributed by atoms with Crippen LogP contribution >= 0.6 is 15.9 Å². The lowest BCUT2D eigenvalue weighted by molar-refractivity contribution is -0.385. The van der Waals surface area contributed by atoms with Crippen molar-refractivity contribution in [3.8, 4) is 0 Å². The van der Waals surface area contributed by atoms with E-state index in [-0.39, 0.29) is 21.5 Å². The second-order valence-corrected chi connectivity index (χ2v) is 7.67. The van der Waals surface area contributed by atoms with Gasteiger partial charge in [0.05, 0.1) is 9.82 Å². The average Bonchev–Trinajstić information content (AvgIpc) is 2.41. The number of nitrogens with one attached hydrogen (secondary N) is 1. The molecule has 1 N–H and O–H groups in total. The Balaban J connectivity index is 2.21. The highest BCUT2D eigenvalue weighted by atomic mass is 79.9. The van der Waals surface area contributed by atoms with Crippen molar-refractivity contribution >= 4 is 31.6 Å². The molecular formula is C12H15BrN2O4S. The Hall–Kier alpha value is -0.990. The van der Waals surface area contributed by atoms with E-state index in [1.807, 2.05) is 0 Å². The number of nitro benzene ring substituents is 1. The van der Waals surface area contributed by atoms with Crippen LogP contribution in [-0.4, -0.2) is 24.2 Å². The normalized spacial score (nSPS) is 23.4. The van der Waals surface area contributed by atoms with Gasteiger partial charge in [-0.25, -0.2) is 13.1 Å². The van der Waals surface area contributed by atoms with Gasteiger partial charge in [0.1, 0.15) is 0 Å². The van der Waals surface area contributed by atoms with Crippen LogP contribution in [0, 0.1) is 10.1 Å². The predicted molar refractivity (Wildman–Crippen MR) is 78.4 cm³/mol. The fourth-order valence-electron chi connectivity index (χ4n) is 2.25. The van der Waals surface area contributed by atoms with Gasteiger partial charge in [-0.1, -0.05) is 34.8 Å². The topological polar surface area (TPSA) is 89.3 Å². The third-order valence-electron chi connectivity index (χ3n) is 3.33. The van der Waals surface area contributed by atoms with Crippen molar-refractivity contribution in [3.05, 3.63) is 34.4 Å². The minimum Gasteiger partial charge on any atom is -0.258 e. The molecule has 1 aliphatic carbocycles. The Labute approximate surface area is 125 Å². The lowest BCUT2D eigenvalue weighted by atomic mass is 9.96. The summed E-state index contributed by atoms with van der Waals surface area (Å²) in [7, 11) is -3.73. The quantitative estimate of drug-likeness (QED) is 0.506. The Kier molecular flexibility index (Phi) is 4.77. The summed E-state index contributed by atoms with van der Waals surface area (Å²) in [6.07, 6.45) is 3.74. The molecule has 0 aliphatic heterocycles. The van der Waals surface area contributed by atoms with E-state index in [0.717, 1.165) is 31.7 Å². The fourth-order valence-corrected chi connectivity index (χ4v) is 4.50. The summed E-state index contributed by atoms with van der Waals surface area (Å²) in [4.78, 5) is 10.1. The molecule has 0 amide bonds. The number of benzene rings is 1. The number of halogens is 1. The summed E-state index contributed by atoms with van der Waals surface area (Å²) < 4.78 is 27.2. The molecule has 0 bridgehead atoms. The zero-order chi connectivity index (χ0) is 14.8. The van der Waals surface area contributed by atoms with Crippen molar-refractivity contribution in [2.75, 3.05) is 0 Å². The Morgan fingerprint density at radius 3 is 2.65 bits per heavy atom. The second kappa shape index (κ2) is 6.19. The van der Waals surface area contributed by atoms with E-state index in [1.54, 1.807) is 0 Å². The van der Waals surface area contributed by atoms with E-state index < -0.39 is 14.9 Å². The first-order chi connectivity index (χ1) is 9.40. The molecule has 0 radical (unpaired) electrons. The van der Waals surface area contributed by atoms with Crippen LogP contribution in [0.4, 0.5) is 5.69 Å². The molecule has 0 spiro atoms. The highest BCUT2D eigenvalue weighted by molar-refractivity contribution is 9.09. The van der Waals surface area contributed by atoms with Crippen LogP contribution in [-0.2, 0) is 10.0 Å². The number of rotatable bonds is 4. The van der Waals surface area contributed by atoms with Crippen molar-refractivity contribution < 1.29 is 13.3 Å². The number of alkyl halides is 1. The van der Waals surface area contributed by atoms with Gasteiger partial charge in [0, 0.05) is 23.0 Å². The molecule has 0 aromatic heterocycles. The maximum Gasteiger partial charge on any atom is 0.270 e. The number of nitrogens with zero attached hydrogens (tertiary/aromatic N) is 1. The number of non-ortho nitro benzene ring substituents is 1. The largest absolute Gasteiger partial charge is 0.270 e. The first-order valence-electron chi connectivity index (χ1n) is 6.31. The van der Waals surface area contributed by atoms with Gasteiger partial charge >= 0.3 is 0 Å². The predicted octanol–water partition coefficient (Wildman–Crippen LogP) is 2.58. The Bertz CT molecular complexity index is 605. The fraction of sp³-hybridized carbons (Fsp3) is 0.500. The van der Waals surface area contributed by atoms with Gasteiger partial charge in [0.2, 0.25) is 10.0 Å². The lowest BCUT2D eigenvalue weighted by Crippen LogP contribution is -2.42. The maximum absolute atomic E-state index is 12.3. The standard InChI is InChI=1S/C12H15BrN2O4S/c13-11-6-1-2-7-12(11)14-20(18,19)10-5-3-4-9(8-10)15(16)17/h3-5,8,11-12,14H,1-2,6-7H2. The van der Waals surface area contributed by atoms with Gasteiger partial charge < -0.3 is 0 Å². The minimum atomic E-state index is -3.73. The first kappa shape index (κ1) is 15.4. The van der Waals surface area contributed by atoms with Crippen LogP contribution < -0.4 is 4.72 Å². The summed E-state index contributed by atoms with van der Waals surface area (Å²) in [5, 5.41) is 10.7. The van der Waals surface area contributed by atoms with Crippen LogP contribution in [0.5, 0.6) is 0 Å². The molecule has 1 fully saturated rings. The van der Waals surface area contributed by atoms with E-state index in [4.69, 9.17) is 0 Å². The van der Waals surface area contributed by atoms with Crippen LogP contribution in [0.1, 0.15) is 25.7 Å². The molecule has 2 unspecified atom stereocenters. The van der Waals surface area contributed by atoms with Crippen LogP contribution in [0.3, 0.4) is 0 Å². The number of sulfonamides is 1. The third-order valence-corrected chi connectivity index (χ3v) is 5.91. The van der Waals surface area contributed by atoms with Gasteiger partial charge in [0.25, 0.3) is 5.69 Å². The van der Waals surface area contributed by atoms with Gasteiger partial charge in [-0.15, -0.1) is 0 Å². The van der Waals surface area contributed by atoms with Crippen LogP contribution in [0.25, 0.3) is 0 Å². The molecule has 6 nitrogen and oxygen atoms in total. The SMILES string of the molecule is O=[N+]([O-])c1cccc(S(=O)(=O)NC2CCCCC2Br)c1. The van der Waals surface area contributed by atoms with Crippen molar-refractivity contribution in [1.82, 2.24) is 4.72 Å². The smallest absolute Gasteiger partial charge is 0.258 e. The molecule has 2 atom stereocenters. The Morgan fingerprint density at radius 1 is 1.30 bits per heavy atom. The summed E-state index contributed by atoms with van der Waals surface area (Å²) in [6.45, 7) is 0. The molecule has 2 rings (SSSR count). The molecule has 20 heavy (non-hydrogen) atoms. The summed E-state index contributed by atoms with van der Waals surface area (Å²) >= 11 is 3.48. The molecular weight excluding hydrogens is 348 g/mol. The highest BCUT2D eigenvalue weighted by Gasteiger charge is 2.28. The van der Waals surface area contributed by atoms with Crippen molar-refractivity contribution in [2.45, 2.75) is 41.4 Å². The summed E-state index contributed by atoms with van der Waals surface area (Å²) in [5.74, 6) is 0. The molecule has 1 aromatic carbocycles. The van der Waals surface area contributed by atoms with Gasteiger partial charge in [0.15, 0.2) is 0 Å². The molecule has 1 aliphatic rings. The van der Waals surface area contributed by atoms with Gasteiger partial charge in [-0.2, -0.15) is 0 Å². The summed E-state index contributed by atoms with van der Waals surface area (Å²) in [6, 6.07) is 4.91.